The van der Waals surface area contributed by atoms with Crippen molar-refractivity contribution in [3.63, 3.8) is 0 Å². The van der Waals surface area contributed by atoms with Gasteiger partial charge in [-0.05, 0) is 20.8 Å². The van der Waals surface area contributed by atoms with Gasteiger partial charge in [-0.3, -0.25) is 19.9 Å². The second kappa shape index (κ2) is 6.09. The van der Waals surface area contributed by atoms with E-state index in [0.717, 1.165) is 16.8 Å². The minimum absolute atomic E-state index is 0.241. The fourth-order valence-corrected chi connectivity index (χ4v) is 2.54. The molecule has 1 atom stereocenters. The Hall–Kier alpha value is -1.81. The summed E-state index contributed by atoms with van der Waals surface area (Å²) < 4.78 is 0. The van der Waals surface area contributed by atoms with Crippen LogP contribution in [0.5, 0.6) is 0 Å². The zero-order valence-electron chi connectivity index (χ0n) is 11.0. The van der Waals surface area contributed by atoms with Crippen molar-refractivity contribution in [1.29, 1.82) is 0 Å². The van der Waals surface area contributed by atoms with Gasteiger partial charge < -0.3 is 0 Å². The zero-order chi connectivity index (χ0) is 14.7. The Bertz CT molecular complexity index is 682. The molecule has 0 saturated heterocycles. The average molecular weight is 312 g/mol. The number of aromatic amines is 1. The highest BCUT2D eigenvalue weighted by Gasteiger charge is 2.17. The predicted octanol–water partition coefficient (Wildman–Crippen LogP) is 0.753. The first-order valence-corrected chi connectivity index (χ1v) is 7.36. The van der Waals surface area contributed by atoms with E-state index in [0.29, 0.717) is 10.3 Å². The molecular formula is C10H12N6O2S2. The Labute approximate surface area is 122 Å². The first-order chi connectivity index (χ1) is 9.45. The maximum Gasteiger partial charge on any atom is 0.273 e. The van der Waals surface area contributed by atoms with Crippen LogP contribution in [0.3, 0.4) is 0 Å². The molecule has 1 unspecified atom stereocenters. The summed E-state index contributed by atoms with van der Waals surface area (Å²) in [6, 6.07) is 0. The molecule has 0 radical (unpaired) electrons. The van der Waals surface area contributed by atoms with Gasteiger partial charge in [-0.25, -0.2) is 0 Å². The summed E-state index contributed by atoms with van der Waals surface area (Å²) in [6.45, 7) is 5.07. The van der Waals surface area contributed by atoms with Crippen molar-refractivity contribution in [3.05, 3.63) is 21.1 Å². The van der Waals surface area contributed by atoms with Crippen molar-refractivity contribution in [3.8, 4) is 0 Å². The highest BCUT2D eigenvalue weighted by molar-refractivity contribution is 8.00. The minimum atomic E-state index is -0.452. The van der Waals surface area contributed by atoms with Gasteiger partial charge in [0.05, 0.1) is 5.25 Å². The zero-order valence-corrected chi connectivity index (χ0v) is 12.6. The van der Waals surface area contributed by atoms with Crippen LogP contribution in [-0.2, 0) is 4.79 Å². The van der Waals surface area contributed by atoms with Gasteiger partial charge in [0.15, 0.2) is 5.16 Å². The lowest BCUT2D eigenvalue weighted by Gasteiger charge is -2.08. The molecule has 2 N–H and O–H groups in total. The van der Waals surface area contributed by atoms with Crippen molar-refractivity contribution in [2.45, 2.75) is 31.2 Å². The summed E-state index contributed by atoms with van der Waals surface area (Å²) in [6.07, 6.45) is 0. The van der Waals surface area contributed by atoms with Crippen molar-refractivity contribution < 1.29 is 4.79 Å². The molecule has 1 amide bonds. The van der Waals surface area contributed by atoms with E-state index in [2.05, 4.69) is 30.7 Å². The number of hydrogen-bond acceptors (Lipinski definition) is 8. The Morgan fingerprint density at radius 3 is 2.65 bits per heavy atom. The monoisotopic (exact) mass is 312 g/mol. The maximum atomic E-state index is 11.9. The van der Waals surface area contributed by atoms with Gasteiger partial charge in [-0.2, -0.15) is 0 Å². The largest absolute Gasteiger partial charge is 0.300 e. The molecule has 0 saturated carbocycles. The molecule has 0 aromatic carbocycles. The third-order valence-corrected chi connectivity index (χ3v) is 3.98. The third-order valence-electron chi connectivity index (χ3n) is 2.25. The van der Waals surface area contributed by atoms with Gasteiger partial charge in [0.2, 0.25) is 11.0 Å². The summed E-state index contributed by atoms with van der Waals surface area (Å²) in [7, 11) is 0. The van der Waals surface area contributed by atoms with E-state index in [9.17, 15) is 9.59 Å². The van der Waals surface area contributed by atoms with Crippen LogP contribution in [0.4, 0.5) is 5.13 Å². The number of thioether (sulfide) groups is 1. The molecule has 0 aliphatic carbocycles. The second-order valence-electron chi connectivity index (χ2n) is 3.92. The number of amides is 1. The maximum absolute atomic E-state index is 11.9. The smallest absolute Gasteiger partial charge is 0.273 e. The summed E-state index contributed by atoms with van der Waals surface area (Å²) in [4.78, 5) is 25.9. The highest BCUT2D eigenvalue weighted by Crippen LogP contribution is 2.20. The number of nitrogens with one attached hydrogen (secondary N) is 2. The lowest BCUT2D eigenvalue weighted by atomic mass is 10.4. The molecule has 0 aliphatic heterocycles. The van der Waals surface area contributed by atoms with Crippen LogP contribution < -0.4 is 10.9 Å². The Balaban J connectivity index is 2.00. The number of aryl methyl sites for hydroxylation is 2. The molecule has 2 heterocycles. The number of carbonyl (C=O) groups excluding carboxylic acids is 1. The number of hydrogen-bond donors (Lipinski definition) is 2. The summed E-state index contributed by atoms with van der Waals surface area (Å²) in [5.41, 5.74) is -0.0225. The van der Waals surface area contributed by atoms with E-state index in [1.807, 2.05) is 0 Å². The van der Waals surface area contributed by atoms with Gasteiger partial charge in [-0.1, -0.05) is 23.1 Å². The minimum Gasteiger partial charge on any atom is -0.300 e. The van der Waals surface area contributed by atoms with Crippen LogP contribution in [0.2, 0.25) is 0 Å². The number of H-pyrrole nitrogens is 1. The van der Waals surface area contributed by atoms with Gasteiger partial charge in [0.1, 0.15) is 10.7 Å². The molecule has 0 spiro atoms. The Morgan fingerprint density at radius 1 is 1.30 bits per heavy atom. The molecule has 8 nitrogen and oxygen atoms in total. The quantitative estimate of drug-likeness (QED) is 0.801. The van der Waals surface area contributed by atoms with Crippen LogP contribution in [0.1, 0.15) is 17.6 Å². The molecule has 20 heavy (non-hydrogen) atoms. The number of aromatic nitrogens is 5. The number of nitrogens with zero attached hydrogens (tertiary/aromatic N) is 4. The SMILES string of the molecule is Cc1nnc(NC(=O)C(C)Sc2nnc(C)c(=O)[nH]2)s1. The number of carbonyl (C=O) groups is 1. The van der Waals surface area contributed by atoms with Gasteiger partial charge in [-0.15, -0.1) is 20.4 Å². The standard InChI is InChI=1S/C10H12N6O2S2/c1-4-7(17)11-9(15-13-4)19-5(2)8(18)12-10-16-14-6(3)20-10/h5H,1-3H3,(H,11,15,17)(H,12,16,18). The van der Waals surface area contributed by atoms with Crippen LogP contribution in [0.15, 0.2) is 9.95 Å². The Kier molecular flexibility index (Phi) is 4.45. The van der Waals surface area contributed by atoms with E-state index < -0.39 is 5.25 Å². The normalized spacial score (nSPS) is 12.2. The van der Waals surface area contributed by atoms with Crippen molar-refractivity contribution in [1.82, 2.24) is 25.4 Å². The highest BCUT2D eigenvalue weighted by atomic mass is 32.2. The van der Waals surface area contributed by atoms with Crippen LogP contribution >= 0.6 is 23.1 Å². The molecule has 0 fully saturated rings. The number of rotatable bonds is 4. The lowest BCUT2D eigenvalue weighted by Crippen LogP contribution is -2.23. The fraction of sp³-hybridized carbons (Fsp3) is 0.400. The van der Waals surface area contributed by atoms with Crippen molar-refractivity contribution in [2.75, 3.05) is 5.32 Å². The third kappa shape index (κ3) is 3.61. The Morgan fingerprint density at radius 2 is 2.05 bits per heavy atom. The van der Waals surface area contributed by atoms with Crippen LogP contribution in [0.25, 0.3) is 0 Å². The van der Waals surface area contributed by atoms with Crippen molar-refractivity contribution in [2.24, 2.45) is 0 Å². The predicted molar refractivity (Wildman–Crippen MR) is 76.0 cm³/mol. The van der Waals surface area contributed by atoms with E-state index in [1.165, 1.54) is 11.3 Å². The molecule has 0 aliphatic rings. The molecule has 10 heteroatoms. The molecule has 0 bridgehead atoms. The van der Waals surface area contributed by atoms with E-state index >= 15 is 0 Å². The number of anilines is 1. The lowest BCUT2D eigenvalue weighted by molar-refractivity contribution is -0.115. The topological polar surface area (TPSA) is 114 Å². The van der Waals surface area contributed by atoms with Gasteiger partial charge in [0.25, 0.3) is 5.56 Å². The molecule has 2 aromatic heterocycles. The van der Waals surface area contributed by atoms with Crippen molar-refractivity contribution >= 4 is 34.1 Å². The molecule has 106 valence electrons. The molecule has 2 aromatic rings. The first-order valence-electron chi connectivity index (χ1n) is 5.67. The summed E-state index contributed by atoms with van der Waals surface area (Å²) >= 11 is 2.41. The average Bonchev–Trinajstić information content (AvgIpc) is 2.79. The first kappa shape index (κ1) is 14.6. The van der Waals surface area contributed by atoms with Crippen LogP contribution in [0, 0.1) is 13.8 Å². The molecule has 2 rings (SSSR count). The van der Waals surface area contributed by atoms with Gasteiger partial charge >= 0.3 is 0 Å². The van der Waals surface area contributed by atoms with E-state index in [-0.39, 0.29) is 17.2 Å². The van der Waals surface area contributed by atoms with Gasteiger partial charge in [0, 0.05) is 0 Å². The molecular weight excluding hydrogens is 300 g/mol. The van der Waals surface area contributed by atoms with E-state index in [1.54, 1.807) is 20.8 Å². The summed E-state index contributed by atoms with van der Waals surface area (Å²) in [5, 5.41) is 18.9. The van der Waals surface area contributed by atoms with E-state index in [4.69, 9.17) is 0 Å². The fourth-order valence-electron chi connectivity index (χ4n) is 1.21. The second-order valence-corrected chi connectivity index (χ2v) is 6.43. The summed E-state index contributed by atoms with van der Waals surface area (Å²) in [5.74, 6) is -0.241. The van der Waals surface area contributed by atoms with Crippen LogP contribution in [-0.4, -0.2) is 36.5 Å².